The second-order valence-corrected chi connectivity index (χ2v) is 14.5. The first-order chi connectivity index (χ1) is 27.5. The van der Waals surface area contributed by atoms with Crippen molar-refractivity contribution in [2.24, 2.45) is 0 Å². The van der Waals surface area contributed by atoms with Crippen LogP contribution in [0.4, 0.5) is 0 Å². The Morgan fingerprint density at radius 1 is 0.525 bits per heavy atom. The van der Waals surface area contributed by atoms with Crippen LogP contribution < -0.4 is 16.0 Å². The maximum atomic E-state index is 12.9. The number of aliphatic hydroxyl groups is 6. The van der Waals surface area contributed by atoms with Crippen LogP contribution in [0.3, 0.4) is 0 Å². The summed E-state index contributed by atoms with van der Waals surface area (Å²) in [6.07, 6.45) is -29.6. The predicted octanol–water partition coefficient (Wildman–Crippen LogP) is -6.03. The lowest BCUT2D eigenvalue weighted by molar-refractivity contribution is -0.365. The molecule has 10 N–H and O–H groups in total. The molecule has 4 rings (SSSR count). The first kappa shape index (κ1) is 48.0. The third-order valence-electron chi connectivity index (χ3n) is 9.85. The fourth-order valence-electron chi connectivity index (χ4n) is 7.22. The van der Waals surface area contributed by atoms with Gasteiger partial charge in [0.05, 0.1) is 18.8 Å². The van der Waals surface area contributed by atoms with Crippen LogP contribution in [-0.2, 0) is 71.4 Å². The Balaban J connectivity index is 1.76. The van der Waals surface area contributed by atoms with E-state index in [4.69, 9.17) is 42.6 Å². The molecule has 4 aliphatic rings. The highest BCUT2D eigenvalue weighted by molar-refractivity contribution is 5.75. The summed E-state index contributed by atoms with van der Waals surface area (Å²) in [7, 11) is 0. The van der Waals surface area contributed by atoms with Gasteiger partial charge in [-0.2, -0.15) is 0 Å². The van der Waals surface area contributed by atoms with Gasteiger partial charge in [-0.3, -0.25) is 24.0 Å². The highest BCUT2D eigenvalue weighted by Gasteiger charge is 2.59. The minimum Gasteiger partial charge on any atom is -0.479 e. The number of carboxylic acid groups (broad SMARTS) is 1. The van der Waals surface area contributed by atoms with Gasteiger partial charge in [0.25, 0.3) is 0 Å². The fraction of sp³-hybridized carbons (Fsp3) is 0.824. The minimum atomic E-state index is -2.26. The van der Waals surface area contributed by atoms with E-state index in [-0.39, 0.29) is 0 Å². The quantitative estimate of drug-likeness (QED) is 0.0771. The summed E-state index contributed by atoms with van der Waals surface area (Å²) in [6, 6.07) is -4.62. The summed E-state index contributed by atoms with van der Waals surface area (Å²) in [5.74, 6) is -6.12. The summed E-state index contributed by atoms with van der Waals surface area (Å²) in [6.45, 7) is 6.96. The lowest BCUT2D eigenvalue weighted by Crippen LogP contribution is -2.71. The number of nitrogens with one attached hydrogen (secondary N) is 3. The standard InChI is InChI=1S/C34H53N3O22/c1-9-20(44)24(18(31(50)51-9)36-12(4)40)56-33-19(37-13(5)41)25(21(45)10(2)52-33)57-34-29(54-15(7)43)27(53-14(6)42)26(28(59-34)30(48)49)58-32-17(35-11(3)39)23(47)22(46)16(8-38)55-32/h9-10,16-29,31-34,38,44-47,50H,8H2,1-7H3,(H,35,39)(H,36,40)(H,37,41)(H,48,49)/t9-,10-,16-,17-,18-,19-,20-,21+,22+,23-,24-,25-,26+,27+,28+,29-,31+,32-,33-,34-/m1/s1. The molecule has 4 heterocycles. The normalized spacial score (nSPS) is 42.5. The number of rotatable bonds is 13. The molecule has 0 aromatic rings. The summed E-state index contributed by atoms with van der Waals surface area (Å²) < 4.78 is 51.7. The molecule has 0 aliphatic carbocycles. The van der Waals surface area contributed by atoms with Crippen molar-refractivity contribution in [2.75, 3.05) is 6.61 Å². The maximum absolute atomic E-state index is 12.9. The molecule has 0 radical (unpaired) electrons. The first-order valence-corrected chi connectivity index (χ1v) is 18.5. The van der Waals surface area contributed by atoms with Gasteiger partial charge in [-0.1, -0.05) is 0 Å². The smallest absolute Gasteiger partial charge is 0.335 e. The first-order valence-electron chi connectivity index (χ1n) is 18.5. The summed E-state index contributed by atoms with van der Waals surface area (Å²) in [5, 5.41) is 82.0. The van der Waals surface area contributed by atoms with Crippen LogP contribution in [0.5, 0.6) is 0 Å². The van der Waals surface area contributed by atoms with Gasteiger partial charge >= 0.3 is 17.9 Å². The number of amides is 3. The number of aliphatic hydroxyl groups excluding tert-OH is 6. The van der Waals surface area contributed by atoms with Crippen molar-refractivity contribution in [2.45, 2.75) is 171 Å². The van der Waals surface area contributed by atoms with Crippen LogP contribution in [0.2, 0.25) is 0 Å². The third-order valence-corrected chi connectivity index (χ3v) is 9.85. The van der Waals surface area contributed by atoms with Gasteiger partial charge in [0, 0.05) is 34.6 Å². The molecule has 3 amide bonds. The number of carbonyl (C=O) groups is 6. The van der Waals surface area contributed by atoms with Crippen LogP contribution in [0.1, 0.15) is 48.5 Å². The molecule has 4 aliphatic heterocycles. The van der Waals surface area contributed by atoms with Gasteiger partial charge in [0.2, 0.25) is 17.7 Å². The molecular formula is C34H53N3O22. The van der Waals surface area contributed by atoms with Gasteiger partial charge in [0.1, 0.15) is 67.0 Å². The zero-order valence-electron chi connectivity index (χ0n) is 33.0. The zero-order chi connectivity index (χ0) is 44.2. The van der Waals surface area contributed by atoms with Gasteiger partial charge in [-0.05, 0) is 13.8 Å². The van der Waals surface area contributed by atoms with Gasteiger partial charge in [-0.15, -0.1) is 0 Å². The second kappa shape index (κ2) is 20.2. The summed E-state index contributed by atoms with van der Waals surface area (Å²) >= 11 is 0. The number of carboxylic acids is 1. The molecule has 4 saturated heterocycles. The molecule has 0 unspecified atom stereocenters. The Morgan fingerprint density at radius 3 is 1.51 bits per heavy atom. The Bertz CT molecular complexity index is 1520. The Labute approximate surface area is 336 Å². The predicted molar refractivity (Wildman–Crippen MR) is 186 cm³/mol. The fourth-order valence-corrected chi connectivity index (χ4v) is 7.22. The number of ether oxygens (including phenoxy) is 9. The van der Waals surface area contributed by atoms with Crippen LogP contribution in [-0.4, -0.2) is 201 Å². The molecule has 0 spiro atoms. The van der Waals surface area contributed by atoms with E-state index in [9.17, 15) is 64.5 Å². The lowest BCUT2D eigenvalue weighted by atomic mass is 9.93. The van der Waals surface area contributed by atoms with Crippen molar-refractivity contribution in [3.05, 3.63) is 0 Å². The summed E-state index contributed by atoms with van der Waals surface area (Å²) in [4.78, 5) is 74.9. The largest absolute Gasteiger partial charge is 0.479 e. The maximum Gasteiger partial charge on any atom is 0.335 e. The number of esters is 2. The van der Waals surface area contributed by atoms with Gasteiger partial charge < -0.3 is 94.3 Å². The van der Waals surface area contributed by atoms with E-state index in [2.05, 4.69) is 16.0 Å². The molecule has 59 heavy (non-hydrogen) atoms. The molecule has 336 valence electrons. The second-order valence-electron chi connectivity index (χ2n) is 14.5. The average Bonchev–Trinajstić information content (AvgIpc) is 3.12. The number of hydrogen-bond donors (Lipinski definition) is 10. The van der Waals surface area contributed by atoms with E-state index in [0.717, 1.165) is 34.6 Å². The number of aliphatic carboxylic acids is 1. The van der Waals surface area contributed by atoms with Crippen molar-refractivity contribution >= 4 is 35.6 Å². The number of carbonyl (C=O) groups excluding carboxylic acids is 5. The Kier molecular flexibility index (Phi) is 16.5. The van der Waals surface area contributed by atoms with Crippen LogP contribution in [0.15, 0.2) is 0 Å². The van der Waals surface area contributed by atoms with Crippen LogP contribution in [0.25, 0.3) is 0 Å². The molecule has 0 saturated carbocycles. The number of hydrogen-bond acceptors (Lipinski definition) is 21. The highest BCUT2D eigenvalue weighted by atomic mass is 16.8. The Morgan fingerprint density at radius 2 is 0.983 bits per heavy atom. The van der Waals surface area contributed by atoms with E-state index in [1.165, 1.54) is 13.8 Å². The molecule has 25 nitrogen and oxygen atoms in total. The van der Waals surface area contributed by atoms with Gasteiger partial charge in [0.15, 0.2) is 43.5 Å². The topological polar surface area (TPSA) is 363 Å². The van der Waals surface area contributed by atoms with Crippen molar-refractivity contribution in [1.29, 1.82) is 0 Å². The minimum absolute atomic E-state index is 0.646. The van der Waals surface area contributed by atoms with E-state index in [1.807, 2.05) is 0 Å². The summed E-state index contributed by atoms with van der Waals surface area (Å²) in [5.41, 5.74) is 0. The van der Waals surface area contributed by atoms with E-state index < -0.39 is 165 Å². The molecule has 25 heteroatoms. The van der Waals surface area contributed by atoms with E-state index >= 15 is 0 Å². The monoisotopic (exact) mass is 855 g/mol. The van der Waals surface area contributed by atoms with Crippen molar-refractivity contribution in [1.82, 2.24) is 16.0 Å². The van der Waals surface area contributed by atoms with E-state index in [0.29, 0.717) is 0 Å². The zero-order valence-corrected chi connectivity index (χ0v) is 33.0. The van der Waals surface area contributed by atoms with Gasteiger partial charge in [-0.25, -0.2) is 4.79 Å². The van der Waals surface area contributed by atoms with Crippen molar-refractivity contribution in [3.8, 4) is 0 Å². The highest BCUT2D eigenvalue weighted by Crippen LogP contribution is 2.36. The van der Waals surface area contributed by atoms with Crippen molar-refractivity contribution in [3.63, 3.8) is 0 Å². The molecular weight excluding hydrogens is 802 g/mol. The SMILES string of the molecule is CC(=O)N[C@@H]1[C@@H](O[C@H]2O[C@H](C)[C@H](O)[C@H](O[C@@H]3O[C@H](C(=O)O)[C@@H](O[C@H]4O[C@H](CO)[C@H](O)[C@H](O)[C@H]4NC(C)=O)[C@H](OC(C)=O)[C@H]3OC(C)=O)[C@H]2NC(C)=O)[C@H](O)[C@@H](C)O[C@@H]1O. The molecule has 0 aromatic carbocycles. The lowest BCUT2D eigenvalue weighted by Gasteiger charge is -2.50. The third kappa shape index (κ3) is 11.4. The van der Waals surface area contributed by atoms with Crippen molar-refractivity contribution < 1.29 is 107 Å². The van der Waals surface area contributed by atoms with E-state index in [1.54, 1.807) is 0 Å². The van der Waals surface area contributed by atoms with Crippen LogP contribution in [0, 0.1) is 0 Å². The molecule has 4 fully saturated rings. The Hall–Kier alpha value is -3.70. The molecule has 0 bridgehead atoms. The average molecular weight is 856 g/mol. The molecule has 20 atom stereocenters. The van der Waals surface area contributed by atoms with Crippen LogP contribution >= 0.6 is 0 Å². The molecule has 0 aromatic heterocycles.